The molecule has 1 aromatic heterocycles. The van der Waals surface area contributed by atoms with Crippen LogP contribution in [0.3, 0.4) is 0 Å². The average Bonchev–Trinajstić information content (AvgIpc) is 2.86. The first-order valence-electron chi connectivity index (χ1n) is 7.90. The highest BCUT2D eigenvalue weighted by atomic mass is 35.5. The van der Waals surface area contributed by atoms with E-state index in [1.54, 1.807) is 11.3 Å². The van der Waals surface area contributed by atoms with Crippen molar-refractivity contribution in [2.45, 2.75) is 59.0 Å². The second-order valence-electron chi connectivity index (χ2n) is 6.11. The minimum absolute atomic E-state index is 0. The van der Waals surface area contributed by atoms with Gasteiger partial charge in [-0.05, 0) is 46.6 Å². The zero-order chi connectivity index (χ0) is 15.6. The van der Waals surface area contributed by atoms with Gasteiger partial charge in [0.1, 0.15) is 0 Å². The summed E-state index contributed by atoms with van der Waals surface area (Å²) >= 11 is 1.74. The molecule has 1 aliphatic rings. The molecule has 2 heterocycles. The molecule has 0 spiro atoms. The van der Waals surface area contributed by atoms with E-state index >= 15 is 0 Å². The molecular weight excluding hydrogens is 318 g/mol. The van der Waals surface area contributed by atoms with E-state index in [0.29, 0.717) is 6.04 Å². The zero-order valence-corrected chi connectivity index (χ0v) is 15.8. The Labute approximate surface area is 144 Å². The Morgan fingerprint density at radius 3 is 2.77 bits per heavy atom. The highest BCUT2D eigenvalue weighted by molar-refractivity contribution is 7.11. The molecule has 22 heavy (non-hydrogen) atoms. The number of halogens is 1. The van der Waals surface area contributed by atoms with Crippen LogP contribution >= 0.6 is 23.7 Å². The van der Waals surface area contributed by atoms with Gasteiger partial charge in [0.15, 0.2) is 0 Å². The second kappa shape index (κ2) is 8.27. The van der Waals surface area contributed by atoms with Crippen LogP contribution in [0.15, 0.2) is 0 Å². The quantitative estimate of drug-likeness (QED) is 0.910. The molecule has 1 saturated heterocycles. The summed E-state index contributed by atoms with van der Waals surface area (Å²) in [5.74, 6) is 0.439. The van der Waals surface area contributed by atoms with E-state index in [9.17, 15) is 4.79 Å². The fraction of sp³-hybridized carbons (Fsp3) is 0.750. The molecule has 2 rings (SSSR count). The number of carbonyl (C=O) groups excluding carboxylic acids is 1. The van der Waals surface area contributed by atoms with Gasteiger partial charge in [-0.2, -0.15) is 0 Å². The van der Waals surface area contributed by atoms with E-state index in [4.69, 9.17) is 0 Å². The number of aryl methyl sites for hydroxylation is 2. The molecule has 1 unspecified atom stereocenters. The molecule has 1 aliphatic heterocycles. The van der Waals surface area contributed by atoms with Crippen LogP contribution in [0.5, 0.6) is 0 Å². The summed E-state index contributed by atoms with van der Waals surface area (Å²) in [5.41, 5.74) is 1.07. The van der Waals surface area contributed by atoms with Gasteiger partial charge in [0.2, 0.25) is 5.91 Å². The van der Waals surface area contributed by atoms with Gasteiger partial charge in [0.25, 0.3) is 0 Å². The number of hydrogen-bond donors (Lipinski definition) is 1. The molecule has 1 N–H and O–H groups in total. The Bertz CT molecular complexity index is 506. The standard InChI is InChI=1S/C16H27N3OS.ClH/c1-6-14-18-11(3)15(21-14)12(4)19(5)16(20)13-7-8-17-10(2)9-13;/h10,12-13,17H,6-9H2,1-5H3;1H/t10-,12?,13-;/m0./s1. The number of carbonyl (C=O) groups is 1. The van der Waals surface area contributed by atoms with E-state index in [2.05, 4.69) is 31.1 Å². The lowest BCUT2D eigenvalue weighted by Gasteiger charge is -2.33. The van der Waals surface area contributed by atoms with E-state index in [1.807, 2.05) is 18.9 Å². The lowest BCUT2D eigenvalue weighted by Crippen LogP contribution is -2.43. The lowest BCUT2D eigenvalue weighted by atomic mass is 9.91. The summed E-state index contributed by atoms with van der Waals surface area (Å²) in [4.78, 5) is 20.5. The molecule has 4 nitrogen and oxygen atoms in total. The summed E-state index contributed by atoms with van der Waals surface area (Å²) in [6.45, 7) is 9.38. The zero-order valence-electron chi connectivity index (χ0n) is 14.2. The number of amides is 1. The van der Waals surface area contributed by atoms with Crippen LogP contribution < -0.4 is 5.32 Å². The van der Waals surface area contributed by atoms with Crippen molar-refractivity contribution in [2.24, 2.45) is 5.92 Å². The molecule has 1 fully saturated rings. The Morgan fingerprint density at radius 2 is 2.23 bits per heavy atom. The normalized spacial score (nSPS) is 22.8. The number of nitrogens with zero attached hydrogens (tertiary/aromatic N) is 2. The van der Waals surface area contributed by atoms with Crippen LogP contribution in [0, 0.1) is 12.8 Å². The maximum absolute atomic E-state index is 12.7. The molecule has 0 radical (unpaired) electrons. The SMILES string of the molecule is CCc1nc(C)c(C(C)N(C)C(=O)[C@H]2CCN[C@@H](C)C2)s1.Cl. The van der Waals surface area contributed by atoms with Crippen molar-refractivity contribution < 1.29 is 4.79 Å². The highest BCUT2D eigenvalue weighted by Crippen LogP contribution is 2.30. The summed E-state index contributed by atoms with van der Waals surface area (Å²) in [6.07, 6.45) is 2.85. The number of rotatable bonds is 4. The topological polar surface area (TPSA) is 45.2 Å². The van der Waals surface area contributed by atoms with Gasteiger partial charge in [-0.25, -0.2) is 4.98 Å². The molecule has 6 heteroatoms. The van der Waals surface area contributed by atoms with Gasteiger partial charge in [-0.3, -0.25) is 4.79 Å². The molecule has 0 saturated carbocycles. The average molecular weight is 346 g/mol. The summed E-state index contributed by atoms with van der Waals surface area (Å²) in [7, 11) is 1.94. The van der Waals surface area contributed by atoms with Gasteiger partial charge >= 0.3 is 0 Å². The van der Waals surface area contributed by atoms with Gasteiger partial charge in [-0.15, -0.1) is 23.7 Å². The number of nitrogens with one attached hydrogen (secondary N) is 1. The van der Waals surface area contributed by atoms with Gasteiger partial charge < -0.3 is 10.2 Å². The number of aromatic nitrogens is 1. The lowest BCUT2D eigenvalue weighted by molar-refractivity contribution is -0.137. The van der Waals surface area contributed by atoms with Gasteiger partial charge in [0.05, 0.1) is 16.7 Å². The molecule has 0 aromatic carbocycles. The molecular formula is C16H28ClN3OS. The smallest absolute Gasteiger partial charge is 0.226 e. The molecule has 3 atom stereocenters. The van der Waals surface area contributed by atoms with Crippen LogP contribution in [-0.2, 0) is 11.2 Å². The predicted molar refractivity (Wildman–Crippen MR) is 94.9 cm³/mol. The van der Waals surface area contributed by atoms with Crippen molar-refractivity contribution in [1.82, 2.24) is 15.2 Å². The molecule has 1 aromatic rings. The Morgan fingerprint density at radius 1 is 1.55 bits per heavy atom. The van der Waals surface area contributed by atoms with Crippen molar-refractivity contribution in [1.29, 1.82) is 0 Å². The van der Waals surface area contributed by atoms with Crippen LogP contribution in [-0.4, -0.2) is 35.4 Å². The third kappa shape index (κ3) is 4.21. The fourth-order valence-electron chi connectivity index (χ4n) is 3.02. The van der Waals surface area contributed by atoms with Crippen LogP contribution in [0.1, 0.15) is 55.2 Å². The molecule has 1 amide bonds. The maximum Gasteiger partial charge on any atom is 0.226 e. The van der Waals surface area contributed by atoms with E-state index in [0.717, 1.165) is 36.5 Å². The number of hydrogen-bond acceptors (Lipinski definition) is 4. The maximum atomic E-state index is 12.7. The Hall–Kier alpha value is -0.650. The first kappa shape index (κ1) is 19.4. The number of piperidine rings is 1. The van der Waals surface area contributed by atoms with Crippen LogP contribution in [0.25, 0.3) is 0 Å². The number of thiazole rings is 1. The third-order valence-corrected chi connectivity index (χ3v) is 5.93. The van der Waals surface area contributed by atoms with E-state index < -0.39 is 0 Å². The minimum atomic E-state index is 0. The second-order valence-corrected chi connectivity index (χ2v) is 7.23. The third-order valence-electron chi connectivity index (χ3n) is 4.46. The van der Waals surface area contributed by atoms with Gasteiger partial charge in [-0.1, -0.05) is 6.92 Å². The first-order valence-corrected chi connectivity index (χ1v) is 8.71. The van der Waals surface area contributed by atoms with Crippen molar-refractivity contribution in [3.8, 4) is 0 Å². The molecule has 126 valence electrons. The van der Waals surface area contributed by atoms with Crippen LogP contribution in [0.2, 0.25) is 0 Å². The van der Waals surface area contributed by atoms with Gasteiger partial charge in [0, 0.05) is 23.9 Å². The van der Waals surface area contributed by atoms with Crippen molar-refractivity contribution in [3.05, 3.63) is 15.6 Å². The van der Waals surface area contributed by atoms with Crippen molar-refractivity contribution in [2.75, 3.05) is 13.6 Å². The largest absolute Gasteiger partial charge is 0.338 e. The highest BCUT2D eigenvalue weighted by Gasteiger charge is 2.30. The monoisotopic (exact) mass is 345 g/mol. The molecule has 0 bridgehead atoms. The van der Waals surface area contributed by atoms with E-state index in [1.165, 1.54) is 4.88 Å². The van der Waals surface area contributed by atoms with Crippen molar-refractivity contribution in [3.63, 3.8) is 0 Å². The molecule has 0 aliphatic carbocycles. The first-order chi connectivity index (χ1) is 9.93. The summed E-state index contributed by atoms with van der Waals surface area (Å²) in [5, 5.41) is 4.57. The summed E-state index contributed by atoms with van der Waals surface area (Å²) in [6, 6.07) is 0.550. The minimum Gasteiger partial charge on any atom is -0.338 e. The fourth-order valence-corrected chi connectivity index (χ4v) is 4.12. The Balaban J connectivity index is 0.00000242. The van der Waals surface area contributed by atoms with Crippen LogP contribution in [0.4, 0.5) is 0 Å². The van der Waals surface area contributed by atoms with E-state index in [-0.39, 0.29) is 30.3 Å². The van der Waals surface area contributed by atoms with Crippen molar-refractivity contribution >= 4 is 29.7 Å². The predicted octanol–water partition coefficient (Wildman–Crippen LogP) is 3.34. The summed E-state index contributed by atoms with van der Waals surface area (Å²) < 4.78 is 0. The Kier molecular flexibility index (Phi) is 7.29.